The number of fused-ring (bicyclic) bond motifs is 3. The van der Waals surface area contributed by atoms with Crippen molar-refractivity contribution in [2.45, 2.75) is 33.1 Å². The molecule has 1 aliphatic rings. The number of rotatable bonds is 1. The third-order valence-electron chi connectivity index (χ3n) is 4.73. The molecule has 1 amide bonds. The molecule has 0 aliphatic carbocycles. The molecule has 124 valence electrons. The highest BCUT2D eigenvalue weighted by Crippen LogP contribution is 2.34. The molecule has 1 fully saturated rings. The van der Waals surface area contributed by atoms with E-state index in [0.717, 1.165) is 47.1 Å². The van der Waals surface area contributed by atoms with Crippen LogP contribution in [0.1, 0.15) is 38.8 Å². The van der Waals surface area contributed by atoms with E-state index in [1.165, 1.54) is 0 Å². The molecule has 1 saturated heterocycles. The molecule has 1 N–H and O–H groups in total. The molecule has 3 aromatic rings. The number of hydrogen-bond acceptors (Lipinski definition) is 4. The Labute approximate surface area is 140 Å². The zero-order valence-electron chi connectivity index (χ0n) is 14.2. The average molecular weight is 323 g/mol. The van der Waals surface area contributed by atoms with Gasteiger partial charge in [-0.25, -0.2) is 15.0 Å². The zero-order chi connectivity index (χ0) is 16.9. The van der Waals surface area contributed by atoms with Crippen molar-refractivity contribution in [3.05, 3.63) is 30.5 Å². The van der Waals surface area contributed by atoms with Gasteiger partial charge in [-0.3, -0.25) is 4.79 Å². The molecule has 1 atom stereocenters. The van der Waals surface area contributed by atoms with Gasteiger partial charge in [-0.1, -0.05) is 20.8 Å². The van der Waals surface area contributed by atoms with Crippen molar-refractivity contribution in [2.75, 3.05) is 13.1 Å². The molecular weight excluding hydrogens is 302 g/mol. The van der Waals surface area contributed by atoms with E-state index in [4.69, 9.17) is 0 Å². The fraction of sp³-hybridized carbons (Fsp3) is 0.444. The second-order valence-electron chi connectivity index (χ2n) is 7.50. The number of likely N-dealkylation sites (tertiary alicyclic amines) is 1. The van der Waals surface area contributed by atoms with Crippen LogP contribution in [0.4, 0.5) is 0 Å². The molecule has 0 bridgehead atoms. The van der Waals surface area contributed by atoms with E-state index >= 15 is 0 Å². The molecule has 6 heteroatoms. The molecule has 0 radical (unpaired) electrons. The molecular formula is C18H21N5O. The van der Waals surface area contributed by atoms with Crippen LogP contribution >= 0.6 is 0 Å². The predicted molar refractivity (Wildman–Crippen MR) is 92.6 cm³/mol. The highest BCUT2D eigenvalue weighted by Gasteiger charge is 2.34. The fourth-order valence-corrected chi connectivity index (χ4v) is 3.55. The van der Waals surface area contributed by atoms with Crippen LogP contribution in [-0.2, 0) is 4.79 Å². The lowest BCUT2D eigenvalue weighted by molar-refractivity contribution is -0.138. The molecule has 4 rings (SSSR count). The van der Waals surface area contributed by atoms with E-state index < -0.39 is 0 Å². The highest BCUT2D eigenvalue weighted by atomic mass is 16.2. The Balaban J connectivity index is 1.75. The van der Waals surface area contributed by atoms with E-state index in [2.05, 4.69) is 19.9 Å². The van der Waals surface area contributed by atoms with Crippen LogP contribution in [0.25, 0.3) is 21.9 Å². The van der Waals surface area contributed by atoms with E-state index in [9.17, 15) is 4.79 Å². The lowest BCUT2D eigenvalue weighted by atomic mass is 9.95. The van der Waals surface area contributed by atoms with Gasteiger partial charge in [-0.2, -0.15) is 0 Å². The molecule has 1 aliphatic heterocycles. The Morgan fingerprint density at radius 1 is 1.29 bits per heavy atom. The number of carbonyl (C=O) groups is 1. The van der Waals surface area contributed by atoms with Crippen molar-refractivity contribution in [1.82, 2.24) is 24.8 Å². The van der Waals surface area contributed by atoms with Crippen molar-refractivity contribution >= 4 is 27.8 Å². The maximum Gasteiger partial charge on any atom is 0.227 e. The summed E-state index contributed by atoms with van der Waals surface area (Å²) >= 11 is 0. The molecule has 0 aromatic carbocycles. The Morgan fingerprint density at radius 2 is 2.12 bits per heavy atom. The Kier molecular flexibility index (Phi) is 3.30. The molecule has 0 saturated carbocycles. The van der Waals surface area contributed by atoms with Gasteiger partial charge in [-0.05, 0) is 12.5 Å². The quantitative estimate of drug-likeness (QED) is 0.747. The number of nitrogens with zero attached hydrogens (tertiary/aromatic N) is 4. The number of nitrogens with one attached hydrogen (secondary N) is 1. The van der Waals surface area contributed by atoms with Gasteiger partial charge in [0.05, 0.1) is 18.0 Å². The predicted octanol–water partition coefficient (Wildman–Crippen LogP) is 2.87. The first-order valence-corrected chi connectivity index (χ1v) is 8.31. The second-order valence-corrected chi connectivity index (χ2v) is 7.50. The monoisotopic (exact) mass is 323 g/mol. The van der Waals surface area contributed by atoms with Crippen molar-refractivity contribution < 1.29 is 4.79 Å². The van der Waals surface area contributed by atoms with Crippen molar-refractivity contribution in [3.63, 3.8) is 0 Å². The second kappa shape index (κ2) is 5.26. The maximum absolute atomic E-state index is 12.6. The summed E-state index contributed by atoms with van der Waals surface area (Å²) < 4.78 is 0. The summed E-state index contributed by atoms with van der Waals surface area (Å²) in [7, 11) is 0. The molecule has 0 spiro atoms. The van der Waals surface area contributed by atoms with Gasteiger partial charge in [0.15, 0.2) is 5.65 Å². The van der Waals surface area contributed by atoms with Crippen molar-refractivity contribution in [2.24, 2.45) is 5.41 Å². The number of aromatic nitrogens is 4. The largest absolute Gasteiger partial charge is 0.349 e. The average Bonchev–Trinajstić information content (AvgIpc) is 3.21. The highest BCUT2D eigenvalue weighted by molar-refractivity contribution is 6.04. The van der Waals surface area contributed by atoms with Gasteiger partial charge in [0.25, 0.3) is 0 Å². The lowest BCUT2D eigenvalue weighted by Crippen LogP contribution is -2.37. The van der Waals surface area contributed by atoms with Crippen LogP contribution in [0.15, 0.2) is 24.8 Å². The van der Waals surface area contributed by atoms with Crippen LogP contribution in [0, 0.1) is 5.41 Å². The molecule has 6 nitrogen and oxygen atoms in total. The van der Waals surface area contributed by atoms with Crippen molar-refractivity contribution in [3.8, 4) is 0 Å². The third-order valence-corrected chi connectivity index (χ3v) is 4.73. The summed E-state index contributed by atoms with van der Waals surface area (Å²) in [4.78, 5) is 30.9. The minimum Gasteiger partial charge on any atom is -0.349 e. The first-order chi connectivity index (χ1) is 11.4. The lowest BCUT2D eigenvalue weighted by Gasteiger charge is -2.25. The van der Waals surface area contributed by atoms with Gasteiger partial charge in [0, 0.05) is 47.1 Å². The summed E-state index contributed by atoms with van der Waals surface area (Å²) in [5, 5.41) is 2.10. The van der Waals surface area contributed by atoms with Gasteiger partial charge >= 0.3 is 0 Å². The number of H-pyrrole nitrogens is 1. The normalized spacial score (nSPS) is 18.6. The summed E-state index contributed by atoms with van der Waals surface area (Å²) in [6.07, 6.45) is 6.22. The molecule has 1 unspecified atom stereocenters. The topological polar surface area (TPSA) is 74.8 Å². The SMILES string of the molecule is CC(C)(C)C(=O)N1CCC(c2[nH]cnc3cnc4nccc4c23)C1. The number of aromatic amines is 1. The number of amides is 1. The summed E-state index contributed by atoms with van der Waals surface area (Å²) in [6.45, 7) is 7.46. The van der Waals surface area contributed by atoms with Crippen LogP contribution in [0.5, 0.6) is 0 Å². The first kappa shape index (κ1) is 15.1. The van der Waals surface area contributed by atoms with E-state index in [1.807, 2.05) is 31.7 Å². The molecule has 3 aromatic heterocycles. The standard InChI is InChI=1S/C18H21N5O/c1-18(2,3)17(24)23-7-5-11(9-23)15-14-12-4-6-19-16(12)20-8-13(14)21-10-22-15/h4,6,8,10-11H,5,7,9H2,1-3H3,(H,21,22). The molecule has 24 heavy (non-hydrogen) atoms. The van der Waals surface area contributed by atoms with Crippen molar-refractivity contribution in [1.29, 1.82) is 0 Å². The summed E-state index contributed by atoms with van der Waals surface area (Å²) in [6, 6.07) is 1.98. The van der Waals surface area contributed by atoms with Crippen LogP contribution in [-0.4, -0.2) is 43.8 Å². The van der Waals surface area contributed by atoms with Gasteiger partial charge in [-0.15, -0.1) is 0 Å². The van der Waals surface area contributed by atoms with E-state index in [-0.39, 0.29) is 17.2 Å². The summed E-state index contributed by atoms with van der Waals surface area (Å²) in [5.41, 5.74) is 2.39. The van der Waals surface area contributed by atoms with Crippen LogP contribution in [0.2, 0.25) is 0 Å². The third kappa shape index (κ3) is 2.33. The Hall–Kier alpha value is -2.50. The fourth-order valence-electron chi connectivity index (χ4n) is 3.55. The van der Waals surface area contributed by atoms with Crippen LogP contribution < -0.4 is 0 Å². The number of hydrogen-bond donors (Lipinski definition) is 1. The zero-order valence-corrected chi connectivity index (χ0v) is 14.2. The summed E-state index contributed by atoms with van der Waals surface area (Å²) in [5.74, 6) is 0.493. The first-order valence-electron chi connectivity index (χ1n) is 8.31. The Bertz CT molecular complexity index is 924. The minimum atomic E-state index is -0.342. The van der Waals surface area contributed by atoms with E-state index in [1.54, 1.807) is 18.7 Å². The van der Waals surface area contributed by atoms with E-state index in [0.29, 0.717) is 0 Å². The smallest absolute Gasteiger partial charge is 0.227 e. The number of pyridine rings is 1. The maximum atomic E-state index is 12.6. The Morgan fingerprint density at radius 3 is 2.92 bits per heavy atom. The minimum absolute atomic E-state index is 0.213. The molecule has 4 heterocycles. The van der Waals surface area contributed by atoms with Gasteiger partial charge in [0.1, 0.15) is 0 Å². The van der Waals surface area contributed by atoms with Gasteiger partial charge < -0.3 is 9.88 Å². The number of carbonyl (C=O) groups excluding carboxylic acids is 1. The van der Waals surface area contributed by atoms with Gasteiger partial charge in [0.2, 0.25) is 5.91 Å². The van der Waals surface area contributed by atoms with Crippen LogP contribution in [0.3, 0.4) is 0 Å².